The normalized spacial score (nSPS) is 11.4. The highest BCUT2D eigenvalue weighted by atomic mass is 79.9. The fraction of sp³-hybridized carbons (Fsp3) is 0.182. The maximum atomic E-state index is 12.9. The number of hydrogen-bond acceptors (Lipinski definition) is 8. The molecule has 0 saturated heterocycles. The number of amides is 1. The van der Waals surface area contributed by atoms with Crippen molar-refractivity contribution >= 4 is 56.2 Å². The van der Waals surface area contributed by atoms with Gasteiger partial charge < -0.3 is 19.9 Å². The highest BCUT2D eigenvalue weighted by Crippen LogP contribution is 2.36. The fourth-order valence-corrected chi connectivity index (χ4v) is 4.12. The molecule has 0 saturated carbocycles. The second kappa shape index (κ2) is 11.9. The van der Waals surface area contributed by atoms with Crippen molar-refractivity contribution in [2.24, 2.45) is 5.10 Å². The van der Waals surface area contributed by atoms with Crippen molar-refractivity contribution in [1.29, 1.82) is 0 Å². The van der Waals surface area contributed by atoms with E-state index < -0.39 is 30.2 Å². The summed E-state index contributed by atoms with van der Waals surface area (Å²) in [6, 6.07) is 7.86. The van der Waals surface area contributed by atoms with Gasteiger partial charge in [-0.05, 0) is 51.8 Å². The fourth-order valence-electron chi connectivity index (χ4n) is 2.81. The molecular formula is C22H18BrF3N4O5S. The predicted molar refractivity (Wildman–Crippen MR) is 130 cm³/mol. The van der Waals surface area contributed by atoms with Crippen LogP contribution in [-0.4, -0.2) is 41.9 Å². The number of alkyl halides is 3. The molecule has 0 bridgehead atoms. The number of nitrogens with zero attached hydrogens (tertiary/aromatic N) is 2. The predicted octanol–water partition coefficient (Wildman–Crippen LogP) is 4.83. The molecule has 0 atom stereocenters. The Hall–Kier alpha value is -3.65. The van der Waals surface area contributed by atoms with Crippen LogP contribution < -0.4 is 20.2 Å². The molecule has 9 nitrogen and oxygen atoms in total. The maximum Gasteiger partial charge on any atom is 0.416 e. The van der Waals surface area contributed by atoms with Crippen molar-refractivity contribution in [1.82, 2.24) is 10.4 Å². The van der Waals surface area contributed by atoms with Gasteiger partial charge >= 0.3 is 12.1 Å². The van der Waals surface area contributed by atoms with Crippen molar-refractivity contribution in [3.8, 4) is 11.5 Å². The molecule has 3 N–H and O–H groups in total. The first-order chi connectivity index (χ1) is 17.0. The van der Waals surface area contributed by atoms with Gasteiger partial charge in [-0.1, -0.05) is 6.07 Å². The summed E-state index contributed by atoms with van der Waals surface area (Å²) >= 11 is 4.42. The average Bonchev–Trinajstić information content (AvgIpc) is 3.23. The van der Waals surface area contributed by atoms with Gasteiger partial charge in [0.1, 0.15) is 0 Å². The number of halogens is 4. The minimum Gasteiger partial charge on any atom is -0.493 e. The molecule has 1 aromatic heterocycles. The van der Waals surface area contributed by atoms with Crippen LogP contribution in [-0.2, 0) is 22.2 Å². The average molecular weight is 587 g/mol. The van der Waals surface area contributed by atoms with Gasteiger partial charge in [0.15, 0.2) is 23.2 Å². The lowest BCUT2D eigenvalue weighted by Crippen LogP contribution is -2.20. The van der Waals surface area contributed by atoms with E-state index in [0.29, 0.717) is 20.9 Å². The van der Waals surface area contributed by atoms with E-state index in [-0.39, 0.29) is 23.6 Å². The van der Waals surface area contributed by atoms with Crippen LogP contribution in [0, 0.1) is 0 Å². The number of carbonyl (C=O) groups excluding carboxylic acids is 1. The monoisotopic (exact) mass is 586 g/mol. The van der Waals surface area contributed by atoms with Crippen LogP contribution in [0.25, 0.3) is 0 Å². The first kappa shape index (κ1) is 26.9. The standard InChI is InChI=1S/C22H18BrF3N4O5S/c1-34-17-6-12(5-16(23)20(17)35-10-19(32)33)9-27-30-18(31)8-15-11-36-21(29-15)28-14-4-2-3-13(7-14)22(24,25)26/h2-7,9,11H,8,10H2,1H3,(H,28,29)(H,30,31)(H,32,33)/b27-9-. The second-order valence-electron chi connectivity index (χ2n) is 7.03. The van der Waals surface area contributed by atoms with Gasteiger partial charge in [0, 0.05) is 11.1 Å². The molecule has 14 heteroatoms. The van der Waals surface area contributed by atoms with Crippen LogP contribution >= 0.6 is 27.3 Å². The van der Waals surface area contributed by atoms with E-state index in [0.717, 1.165) is 23.5 Å². The first-order valence-electron chi connectivity index (χ1n) is 9.98. The number of nitrogens with one attached hydrogen (secondary N) is 2. The van der Waals surface area contributed by atoms with E-state index in [4.69, 9.17) is 14.6 Å². The van der Waals surface area contributed by atoms with Gasteiger partial charge in [-0.2, -0.15) is 18.3 Å². The summed E-state index contributed by atoms with van der Waals surface area (Å²) in [5.41, 5.74) is 2.74. The molecular weight excluding hydrogens is 569 g/mol. The summed E-state index contributed by atoms with van der Waals surface area (Å²) in [4.78, 5) is 27.1. The number of carboxylic acids is 1. The minimum atomic E-state index is -4.46. The van der Waals surface area contributed by atoms with Crippen LogP contribution in [0.4, 0.5) is 24.0 Å². The van der Waals surface area contributed by atoms with Crippen LogP contribution in [0.3, 0.4) is 0 Å². The summed E-state index contributed by atoms with van der Waals surface area (Å²) in [5, 5.41) is 17.4. The SMILES string of the molecule is COc1cc(/C=N\NC(=O)Cc2csc(Nc3cccc(C(F)(F)F)c3)n2)cc(Br)c1OCC(=O)O. The van der Waals surface area contributed by atoms with E-state index in [9.17, 15) is 22.8 Å². The number of aliphatic carboxylic acids is 1. The highest BCUT2D eigenvalue weighted by Gasteiger charge is 2.30. The third-order valence-corrected chi connectivity index (χ3v) is 5.72. The zero-order valence-electron chi connectivity index (χ0n) is 18.4. The molecule has 36 heavy (non-hydrogen) atoms. The van der Waals surface area contributed by atoms with Gasteiger partial charge in [0.25, 0.3) is 0 Å². The number of methoxy groups -OCH3 is 1. The summed E-state index contributed by atoms with van der Waals surface area (Å²) in [7, 11) is 1.39. The molecule has 0 fully saturated rings. The maximum absolute atomic E-state index is 12.9. The largest absolute Gasteiger partial charge is 0.493 e. The molecule has 0 aliphatic heterocycles. The molecule has 0 unspecified atom stereocenters. The Morgan fingerprint density at radius 1 is 1.28 bits per heavy atom. The lowest BCUT2D eigenvalue weighted by atomic mass is 10.2. The van der Waals surface area contributed by atoms with Crippen LogP contribution in [0.1, 0.15) is 16.8 Å². The minimum absolute atomic E-state index is 0.104. The number of aromatic nitrogens is 1. The molecule has 2 aromatic carbocycles. The number of hydrogen-bond donors (Lipinski definition) is 3. The van der Waals surface area contributed by atoms with Gasteiger partial charge in [0.2, 0.25) is 5.91 Å². The Kier molecular flexibility index (Phi) is 8.88. The summed E-state index contributed by atoms with van der Waals surface area (Å²) in [6.07, 6.45) is -3.21. The molecule has 0 aliphatic rings. The third-order valence-electron chi connectivity index (χ3n) is 4.33. The number of rotatable bonds is 10. The van der Waals surface area contributed by atoms with Gasteiger partial charge in [-0.25, -0.2) is 15.2 Å². The Bertz CT molecular complexity index is 1280. The second-order valence-corrected chi connectivity index (χ2v) is 8.75. The van der Waals surface area contributed by atoms with E-state index in [2.05, 4.69) is 36.8 Å². The zero-order valence-corrected chi connectivity index (χ0v) is 20.8. The number of benzene rings is 2. The Labute approximate surface area is 215 Å². The summed E-state index contributed by atoms with van der Waals surface area (Å²) in [5.74, 6) is -1.13. The first-order valence-corrected chi connectivity index (χ1v) is 11.6. The van der Waals surface area contributed by atoms with Gasteiger partial charge in [-0.3, -0.25) is 4.79 Å². The zero-order chi connectivity index (χ0) is 26.3. The Morgan fingerprint density at radius 3 is 2.75 bits per heavy atom. The van der Waals surface area contributed by atoms with E-state index in [1.807, 2.05) is 0 Å². The van der Waals surface area contributed by atoms with Crippen molar-refractivity contribution in [2.75, 3.05) is 19.0 Å². The number of ether oxygens (including phenoxy) is 2. The molecule has 0 aliphatic carbocycles. The lowest BCUT2D eigenvalue weighted by Gasteiger charge is -2.12. The number of anilines is 2. The number of carboxylic acid groups (broad SMARTS) is 1. The Morgan fingerprint density at radius 2 is 2.06 bits per heavy atom. The molecule has 3 rings (SSSR count). The Balaban J connectivity index is 1.57. The quantitative estimate of drug-likeness (QED) is 0.230. The molecule has 1 amide bonds. The topological polar surface area (TPSA) is 122 Å². The van der Waals surface area contributed by atoms with Crippen LogP contribution in [0.2, 0.25) is 0 Å². The van der Waals surface area contributed by atoms with Crippen molar-refractivity contribution in [3.05, 3.63) is 63.1 Å². The lowest BCUT2D eigenvalue weighted by molar-refractivity contribution is -0.139. The summed E-state index contributed by atoms with van der Waals surface area (Å²) in [6.45, 7) is -0.549. The molecule has 0 radical (unpaired) electrons. The van der Waals surface area contributed by atoms with E-state index >= 15 is 0 Å². The van der Waals surface area contributed by atoms with E-state index in [1.54, 1.807) is 17.5 Å². The smallest absolute Gasteiger partial charge is 0.416 e. The van der Waals surface area contributed by atoms with Gasteiger partial charge in [0.05, 0.1) is 35.5 Å². The molecule has 1 heterocycles. The third kappa shape index (κ3) is 7.68. The van der Waals surface area contributed by atoms with Crippen LogP contribution in [0.5, 0.6) is 11.5 Å². The number of hydrazone groups is 1. The van der Waals surface area contributed by atoms with Crippen molar-refractivity contribution in [2.45, 2.75) is 12.6 Å². The molecule has 0 spiro atoms. The van der Waals surface area contributed by atoms with Gasteiger partial charge in [-0.15, -0.1) is 11.3 Å². The van der Waals surface area contributed by atoms with Crippen molar-refractivity contribution in [3.63, 3.8) is 0 Å². The van der Waals surface area contributed by atoms with E-state index in [1.165, 1.54) is 25.5 Å². The summed E-state index contributed by atoms with van der Waals surface area (Å²) < 4.78 is 49.4. The van der Waals surface area contributed by atoms with Crippen LogP contribution in [0.15, 0.2) is 51.4 Å². The number of carbonyl (C=O) groups is 2. The molecule has 190 valence electrons. The molecule has 3 aromatic rings. The number of thiazole rings is 1. The van der Waals surface area contributed by atoms with Crippen molar-refractivity contribution < 1.29 is 37.3 Å². The highest BCUT2D eigenvalue weighted by molar-refractivity contribution is 9.10.